The summed E-state index contributed by atoms with van der Waals surface area (Å²) >= 11 is 0. The van der Waals surface area contributed by atoms with E-state index in [4.69, 9.17) is 5.11 Å². The lowest BCUT2D eigenvalue weighted by Gasteiger charge is -2.06. The lowest BCUT2D eigenvalue weighted by molar-refractivity contribution is 0.0696. The Balaban J connectivity index is 1.87. The normalized spacial score (nSPS) is 14.8. The molecule has 0 saturated heterocycles. The van der Waals surface area contributed by atoms with E-state index in [9.17, 15) is 9.59 Å². The number of hydrogen-bond donors (Lipinski definition) is 1. The van der Waals surface area contributed by atoms with Crippen molar-refractivity contribution in [3.05, 3.63) is 80.9 Å². The van der Waals surface area contributed by atoms with Gasteiger partial charge in [-0.05, 0) is 49.1 Å². The smallest absolute Gasteiger partial charge is 0.337 e. The van der Waals surface area contributed by atoms with E-state index in [-0.39, 0.29) is 11.1 Å². The number of aromatic carboxylic acids is 1. The molecule has 0 bridgehead atoms. The van der Waals surface area contributed by atoms with Crippen molar-refractivity contribution < 1.29 is 9.90 Å². The van der Waals surface area contributed by atoms with E-state index in [1.54, 1.807) is 6.07 Å². The molecular weight excluding hydrogens is 316 g/mol. The van der Waals surface area contributed by atoms with Gasteiger partial charge in [0.2, 0.25) is 0 Å². The highest BCUT2D eigenvalue weighted by Crippen LogP contribution is 2.30. The van der Waals surface area contributed by atoms with Gasteiger partial charge in [0.05, 0.1) is 11.3 Å². The molecule has 5 nitrogen and oxygen atoms in total. The molecule has 1 aromatic carbocycles. The van der Waals surface area contributed by atoms with E-state index >= 15 is 0 Å². The number of hydrogen-bond acceptors (Lipinski definition) is 3. The number of rotatable bonds is 2. The predicted octanol–water partition coefficient (Wildman–Crippen LogP) is 3.19. The molecule has 0 aliphatic heterocycles. The second-order valence-corrected chi connectivity index (χ2v) is 6.28. The van der Waals surface area contributed by atoms with E-state index in [0.29, 0.717) is 17.6 Å². The van der Waals surface area contributed by atoms with Crippen molar-refractivity contribution in [2.24, 2.45) is 0 Å². The third-order valence-corrected chi connectivity index (χ3v) is 4.53. The zero-order chi connectivity index (χ0) is 17.6. The first-order valence-electron chi connectivity index (χ1n) is 8.09. The van der Waals surface area contributed by atoms with Gasteiger partial charge in [-0.3, -0.25) is 9.20 Å². The molecule has 0 saturated carbocycles. The number of pyridine rings is 1. The Labute approximate surface area is 143 Å². The third kappa shape index (κ3) is 2.63. The van der Waals surface area contributed by atoms with Crippen LogP contribution in [0.1, 0.15) is 39.2 Å². The Hall–Kier alpha value is -3.21. The van der Waals surface area contributed by atoms with Crippen LogP contribution in [0, 0.1) is 6.92 Å². The molecule has 3 aromatic rings. The number of carbonyl (C=O) groups is 1. The van der Waals surface area contributed by atoms with Crippen LogP contribution >= 0.6 is 0 Å². The zero-order valence-electron chi connectivity index (χ0n) is 13.7. The predicted molar refractivity (Wildman–Crippen MR) is 95.8 cm³/mol. The van der Waals surface area contributed by atoms with Gasteiger partial charge in [-0.1, -0.05) is 29.8 Å². The van der Waals surface area contributed by atoms with Crippen LogP contribution in [-0.4, -0.2) is 20.5 Å². The number of carboxylic acid groups (broad SMARTS) is 1. The topological polar surface area (TPSA) is 71.7 Å². The molecule has 0 atom stereocenters. The monoisotopic (exact) mass is 332 g/mol. The molecule has 2 heterocycles. The average molecular weight is 332 g/mol. The van der Waals surface area contributed by atoms with E-state index in [1.165, 1.54) is 22.2 Å². The van der Waals surface area contributed by atoms with Crippen molar-refractivity contribution in [2.75, 3.05) is 0 Å². The van der Waals surface area contributed by atoms with Crippen molar-refractivity contribution in [3.63, 3.8) is 0 Å². The first kappa shape index (κ1) is 15.3. The summed E-state index contributed by atoms with van der Waals surface area (Å²) < 4.78 is 1.33. The lowest BCUT2D eigenvalue weighted by atomic mass is 10.1. The van der Waals surface area contributed by atoms with Gasteiger partial charge in [-0.2, -0.15) is 0 Å². The van der Waals surface area contributed by atoms with Crippen LogP contribution in [0.4, 0.5) is 0 Å². The average Bonchev–Trinajstić information content (AvgIpc) is 3.00. The van der Waals surface area contributed by atoms with Crippen molar-refractivity contribution in [3.8, 4) is 0 Å². The molecule has 0 amide bonds. The standard InChI is InChI=1S/C20H16N2O3/c1-12-2-4-13(5-3-12)10-14-6-8-16-18(14)21-17-9-7-15(20(24)25)11-22(17)19(16)23/h2-5,7,9-11H,6,8H2,1H3,(H,24,25)/b14-10-. The number of allylic oxidation sites excluding steroid dienone is 1. The fourth-order valence-electron chi connectivity index (χ4n) is 3.18. The summed E-state index contributed by atoms with van der Waals surface area (Å²) in [5.41, 5.74) is 5.06. The van der Waals surface area contributed by atoms with Gasteiger partial charge in [0, 0.05) is 11.8 Å². The molecular formula is C20H16N2O3. The third-order valence-electron chi connectivity index (χ3n) is 4.53. The van der Waals surface area contributed by atoms with Crippen LogP contribution in [0.2, 0.25) is 0 Å². The second-order valence-electron chi connectivity index (χ2n) is 6.28. The van der Waals surface area contributed by atoms with E-state index < -0.39 is 5.97 Å². The molecule has 1 aliphatic carbocycles. The van der Waals surface area contributed by atoms with Crippen LogP contribution in [0.25, 0.3) is 17.3 Å². The molecule has 5 heteroatoms. The second kappa shape index (κ2) is 5.70. The molecule has 1 aliphatic rings. The maximum absolute atomic E-state index is 12.7. The molecule has 2 aromatic heterocycles. The van der Waals surface area contributed by atoms with Crippen LogP contribution in [0.5, 0.6) is 0 Å². The van der Waals surface area contributed by atoms with Crippen LogP contribution in [0.3, 0.4) is 0 Å². The lowest BCUT2D eigenvalue weighted by Crippen LogP contribution is -2.20. The summed E-state index contributed by atoms with van der Waals surface area (Å²) in [7, 11) is 0. The molecule has 0 radical (unpaired) electrons. The first-order valence-corrected chi connectivity index (χ1v) is 8.09. The minimum atomic E-state index is -1.06. The largest absolute Gasteiger partial charge is 0.478 e. The van der Waals surface area contributed by atoms with Crippen molar-refractivity contribution in [1.29, 1.82) is 0 Å². The van der Waals surface area contributed by atoms with E-state index in [2.05, 4.69) is 23.2 Å². The number of nitrogens with zero attached hydrogens (tertiary/aromatic N) is 2. The number of fused-ring (bicyclic) bond motifs is 2. The fourth-order valence-corrected chi connectivity index (χ4v) is 3.18. The highest BCUT2D eigenvalue weighted by atomic mass is 16.4. The summed E-state index contributed by atoms with van der Waals surface area (Å²) in [5.74, 6) is -1.06. The number of aryl methyl sites for hydroxylation is 1. The fraction of sp³-hybridized carbons (Fsp3) is 0.150. The van der Waals surface area contributed by atoms with Crippen LogP contribution in [0.15, 0.2) is 47.4 Å². The maximum Gasteiger partial charge on any atom is 0.337 e. The molecule has 25 heavy (non-hydrogen) atoms. The Morgan fingerprint density at radius 2 is 1.92 bits per heavy atom. The molecule has 1 N–H and O–H groups in total. The minimum Gasteiger partial charge on any atom is -0.478 e. The van der Waals surface area contributed by atoms with Gasteiger partial charge in [0.1, 0.15) is 5.65 Å². The number of aromatic nitrogens is 2. The Kier molecular flexibility index (Phi) is 3.50. The molecule has 124 valence electrons. The van der Waals surface area contributed by atoms with E-state index in [1.807, 2.05) is 19.1 Å². The minimum absolute atomic E-state index is 0.0739. The Morgan fingerprint density at radius 3 is 2.64 bits per heavy atom. The van der Waals surface area contributed by atoms with Crippen LogP contribution < -0.4 is 5.56 Å². The van der Waals surface area contributed by atoms with Gasteiger partial charge >= 0.3 is 5.97 Å². The van der Waals surface area contributed by atoms with Gasteiger partial charge in [-0.15, -0.1) is 0 Å². The summed E-state index contributed by atoms with van der Waals surface area (Å²) in [5, 5.41) is 9.11. The zero-order valence-corrected chi connectivity index (χ0v) is 13.7. The SMILES string of the molecule is Cc1ccc(/C=C2/CCc3c2nc2ccc(C(=O)O)cn2c3=O)cc1. The van der Waals surface area contributed by atoms with Crippen LogP contribution in [-0.2, 0) is 6.42 Å². The molecule has 4 rings (SSSR count). The maximum atomic E-state index is 12.7. The van der Waals surface area contributed by atoms with Gasteiger partial charge in [-0.25, -0.2) is 9.78 Å². The summed E-state index contributed by atoms with van der Waals surface area (Å²) in [6, 6.07) is 11.2. The number of carboxylic acids is 1. The summed E-state index contributed by atoms with van der Waals surface area (Å²) in [6.07, 6.45) is 4.79. The van der Waals surface area contributed by atoms with Gasteiger partial charge in [0.15, 0.2) is 0 Å². The van der Waals surface area contributed by atoms with Gasteiger partial charge < -0.3 is 5.11 Å². The quantitative estimate of drug-likeness (QED) is 0.782. The number of benzene rings is 1. The summed E-state index contributed by atoms with van der Waals surface area (Å²) in [6.45, 7) is 2.04. The van der Waals surface area contributed by atoms with E-state index in [0.717, 1.165) is 23.3 Å². The van der Waals surface area contributed by atoms with Gasteiger partial charge in [0.25, 0.3) is 5.56 Å². The molecule has 0 fully saturated rings. The first-order chi connectivity index (χ1) is 12.0. The Morgan fingerprint density at radius 1 is 1.16 bits per heavy atom. The summed E-state index contributed by atoms with van der Waals surface area (Å²) in [4.78, 5) is 28.5. The molecule has 0 spiro atoms. The highest BCUT2D eigenvalue weighted by molar-refractivity contribution is 5.88. The highest BCUT2D eigenvalue weighted by Gasteiger charge is 2.23. The van der Waals surface area contributed by atoms with Crippen molar-refractivity contribution in [1.82, 2.24) is 9.38 Å². The van der Waals surface area contributed by atoms with Crippen molar-refractivity contribution in [2.45, 2.75) is 19.8 Å². The van der Waals surface area contributed by atoms with Crippen molar-refractivity contribution >= 4 is 23.3 Å². The molecule has 0 unspecified atom stereocenters. The Bertz CT molecular complexity index is 1090.